The van der Waals surface area contributed by atoms with Crippen molar-refractivity contribution in [2.24, 2.45) is 0 Å². The minimum absolute atomic E-state index is 0.215. The normalized spacial score (nSPS) is 13.6. The van der Waals surface area contributed by atoms with Crippen LogP contribution in [0, 0.1) is 13.8 Å². The molecule has 23 heavy (non-hydrogen) atoms. The van der Waals surface area contributed by atoms with Gasteiger partial charge >= 0.3 is 7.37 Å². The van der Waals surface area contributed by atoms with Crippen LogP contribution < -0.4 is 5.30 Å². The topological polar surface area (TPSA) is 43.4 Å². The number of carbonyl (C=O) groups excluding carboxylic acids is 1. The highest BCUT2D eigenvalue weighted by Crippen LogP contribution is 2.50. The first kappa shape index (κ1) is 18.1. The molecule has 0 aliphatic heterocycles. The van der Waals surface area contributed by atoms with Crippen molar-refractivity contribution in [1.29, 1.82) is 0 Å². The molecule has 0 N–H and O–H groups in total. The molecular weight excluding hydrogens is 375 g/mol. The number of alkyl halides is 1. The second-order valence-corrected chi connectivity index (χ2v) is 8.20. The van der Waals surface area contributed by atoms with Crippen molar-refractivity contribution < 1.29 is 13.9 Å². The monoisotopic (exact) mass is 394 g/mol. The molecule has 0 radical (unpaired) electrons. The van der Waals surface area contributed by atoms with E-state index in [2.05, 4.69) is 15.9 Å². The van der Waals surface area contributed by atoms with Crippen LogP contribution >= 0.6 is 23.3 Å². The Morgan fingerprint density at radius 1 is 1.17 bits per heavy atom. The maximum absolute atomic E-state index is 13.4. The highest BCUT2D eigenvalue weighted by Gasteiger charge is 2.37. The second kappa shape index (κ2) is 7.57. The number of aryl methyl sites for hydroxylation is 2. The lowest BCUT2D eigenvalue weighted by molar-refractivity contribution is 0.105. The van der Waals surface area contributed by atoms with Crippen molar-refractivity contribution in [3.63, 3.8) is 0 Å². The first-order valence-corrected chi connectivity index (χ1v) is 10.2. The van der Waals surface area contributed by atoms with E-state index in [-0.39, 0.29) is 6.61 Å². The maximum atomic E-state index is 13.4. The maximum Gasteiger partial charge on any atom is 0.300 e. The standard InChI is InChI=1S/C18H20BrO3P/c1-4-22-23(21,16-8-6-5-7-9-16)18(20)17-14(3)10-13(2)11-15(17)12-19/h5-11H,4,12H2,1-3H3. The van der Waals surface area contributed by atoms with Crippen LogP contribution in [0.25, 0.3) is 0 Å². The molecule has 0 saturated carbocycles. The van der Waals surface area contributed by atoms with Gasteiger partial charge in [0.25, 0.3) is 5.52 Å². The molecule has 0 aliphatic rings. The molecule has 2 aromatic carbocycles. The Bertz CT molecular complexity index is 756. The molecule has 0 heterocycles. The van der Waals surface area contributed by atoms with E-state index in [0.29, 0.717) is 16.2 Å². The Kier molecular flexibility index (Phi) is 5.96. The van der Waals surface area contributed by atoms with E-state index >= 15 is 0 Å². The summed E-state index contributed by atoms with van der Waals surface area (Å²) in [5.74, 6) is 0. The van der Waals surface area contributed by atoms with Crippen LogP contribution in [0.4, 0.5) is 0 Å². The zero-order valence-electron chi connectivity index (χ0n) is 13.5. The lowest BCUT2D eigenvalue weighted by Gasteiger charge is -2.20. The van der Waals surface area contributed by atoms with Crippen LogP contribution in [-0.2, 0) is 14.4 Å². The smallest absolute Gasteiger partial charge is 0.300 e. The van der Waals surface area contributed by atoms with Crippen LogP contribution in [0.15, 0.2) is 42.5 Å². The number of hydrogen-bond acceptors (Lipinski definition) is 3. The number of hydrogen-bond donors (Lipinski definition) is 0. The zero-order chi connectivity index (χ0) is 17.0. The number of benzene rings is 2. The largest absolute Gasteiger partial charge is 0.320 e. The number of carbonyl (C=O) groups is 1. The summed E-state index contributed by atoms with van der Waals surface area (Å²) in [5.41, 5.74) is 2.79. The minimum atomic E-state index is -3.63. The number of rotatable bonds is 6. The van der Waals surface area contributed by atoms with Gasteiger partial charge in [-0.2, -0.15) is 0 Å². The molecule has 0 bridgehead atoms. The van der Waals surface area contributed by atoms with Gasteiger partial charge in [0.15, 0.2) is 0 Å². The third kappa shape index (κ3) is 3.65. The van der Waals surface area contributed by atoms with Gasteiger partial charge in [0.1, 0.15) is 0 Å². The predicted molar refractivity (Wildman–Crippen MR) is 98.2 cm³/mol. The van der Waals surface area contributed by atoms with Gasteiger partial charge in [-0.05, 0) is 44.0 Å². The summed E-state index contributed by atoms with van der Waals surface area (Å²) in [6.07, 6.45) is 0. The molecule has 1 unspecified atom stereocenters. The zero-order valence-corrected chi connectivity index (χ0v) is 16.0. The molecule has 2 aromatic rings. The SMILES string of the molecule is CCOP(=O)(C(=O)c1c(C)cc(C)cc1CBr)c1ccccc1. The van der Waals surface area contributed by atoms with E-state index in [9.17, 15) is 9.36 Å². The Morgan fingerprint density at radius 2 is 1.83 bits per heavy atom. The van der Waals surface area contributed by atoms with E-state index in [1.807, 2.05) is 32.0 Å². The van der Waals surface area contributed by atoms with E-state index in [1.54, 1.807) is 31.2 Å². The van der Waals surface area contributed by atoms with Crippen molar-refractivity contribution in [3.8, 4) is 0 Å². The Morgan fingerprint density at radius 3 is 2.39 bits per heavy atom. The third-order valence-corrected chi connectivity index (χ3v) is 6.56. The molecule has 5 heteroatoms. The molecule has 2 rings (SSSR count). The van der Waals surface area contributed by atoms with E-state index in [4.69, 9.17) is 4.52 Å². The second-order valence-electron chi connectivity index (χ2n) is 5.36. The Hall–Kier alpha value is -1.22. The first-order chi connectivity index (χ1) is 10.9. The van der Waals surface area contributed by atoms with Gasteiger partial charge in [-0.3, -0.25) is 9.36 Å². The molecule has 3 nitrogen and oxygen atoms in total. The van der Waals surface area contributed by atoms with Gasteiger partial charge < -0.3 is 4.52 Å². The van der Waals surface area contributed by atoms with E-state index < -0.39 is 12.9 Å². The van der Waals surface area contributed by atoms with Crippen LogP contribution in [0.3, 0.4) is 0 Å². The summed E-state index contributed by atoms with van der Waals surface area (Å²) in [4.78, 5) is 13.2. The van der Waals surface area contributed by atoms with Crippen molar-refractivity contribution in [2.45, 2.75) is 26.1 Å². The summed E-state index contributed by atoms with van der Waals surface area (Å²) >= 11 is 3.42. The molecular formula is C18H20BrO3P. The molecule has 0 spiro atoms. The predicted octanol–water partition coefficient (Wildman–Crippen LogP) is 4.98. The van der Waals surface area contributed by atoms with Crippen molar-refractivity contribution in [1.82, 2.24) is 0 Å². The first-order valence-electron chi connectivity index (χ1n) is 7.45. The Balaban J connectivity index is 2.63. The number of halogens is 1. The molecule has 0 amide bonds. The summed E-state index contributed by atoms with van der Waals surface area (Å²) in [7, 11) is -3.63. The molecule has 0 aromatic heterocycles. The fraction of sp³-hybridized carbons (Fsp3) is 0.278. The molecule has 1 atom stereocenters. The minimum Gasteiger partial charge on any atom is -0.320 e. The van der Waals surface area contributed by atoms with Gasteiger partial charge in [0, 0.05) is 16.2 Å². The molecule has 0 fully saturated rings. The average molecular weight is 395 g/mol. The highest BCUT2D eigenvalue weighted by molar-refractivity contribution is 9.08. The van der Waals surface area contributed by atoms with Crippen LogP contribution in [0.5, 0.6) is 0 Å². The van der Waals surface area contributed by atoms with Crippen molar-refractivity contribution in [3.05, 3.63) is 64.7 Å². The van der Waals surface area contributed by atoms with Crippen LogP contribution in [0.2, 0.25) is 0 Å². The van der Waals surface area contributed by atoms with Gasteiger partial charge in [-0.25, -0.2) is 0 Å². The molecule has 0 aliphatic carbocycles. The fourth-order valence-electron chi connectivity index (χ4n) is 2.67. The van der Waals surface area contributed by atoms with Crippen LogP contribution in [0.1, 0.15) is 34.0 Å². The van der Waals surface area contributed by atoms with Crippen molar-refractivity contribution in [2.75, 3.05) is 6.61 Å². The highest BCUT2D eigenvalue weighted by atomic mass is 79.9. The Labute approximate surface area is 145 Å². The van der Waals surface area contributed by atoms with Gasteiger partial charge in [0.2, 0.25) is 0 Å². The average Bonchev–Trinajstić information content (AvgIpc) is 2.54. The van der Waals surface area contributed by atoms with Crippen LogP contribution in [-0.4, -0.2) is 12.1 Å². The lowest BCUT2D eigenvalue weighted by atomic mass is 10.0. The summed E-state index contributed by atoms with van der Waals surface area (Å²) in [6.45, 7) is 5.81. The van der Waals surface area contributed by atoms with Crippen molar-refractivity contribution >= 4 is 34.1 Å². The van der Waals surface area contributed by atoms with E-state index in [0.717, 1.165) is 16.7 Å². The van der Waals surface area contributed by atoms with E-state index in [1.165, 1.54) is 0 Å². The summed E-state index contributed by atoms with van der Waals surface area (Å²) < 4.78 is 18.9. The lowest BCUT2D eigenvalue weighted by Crippen LogP contribution is -2.18. The third-order valence-electron chi connectivity index (χ3n) is 3.59. The fourth-order valence-corrected chi connectivity index (χ4v) is 5.16. The quantitative estimate of drug-likeness (QED) is 0.512. The molecule has 122 valence electrons. The van der Waals surface area contributed by atoms with Gasteiger partial charge in [-0.1, -0.05) is 51.8 Å². The van der Waals surface area contributed by atoms with Gasteiger partial charge in [-0.15, -0.1) is 0 Å². The van der Waals surface area contributed by atoms with Gasteiger partial charge in [0.05, 0.1) is 6.61 Å². The molecule has 0 saturated heterocycles. The summed E-state index contributed by atoms with van der Waals surface area (Å²) in [5, 5.41) is 0.963. The summed E-state index contributed by atoms with van der Waals surface area (Å²) in [6, 6.07) is 12.6.